The summed E-state index contributed by atoms with van der Waals surface area (Å²) in [6, 6.07) is 9.73. The molecule has 0 unspecified atom stereocenters. The summed E-state index contributed by atoms with van der Waals surface area (Å²) < 4.78 is 10.6. The van der Waals surface area contributed by atoms with Crippen molar-refractivity contribution in [3.05, 3.63) is 58.3 Å². The summed E-state index contributed by atoms with van der Waals surface area (Å²) >= 11 is 0. The molecule has 8 nitrogen and oxygen atoms in total. The summed E-state index contributed by atoms with van der Waals surface area (Å²) in [5.74, 6) is -0.232. The second kappa shape index (κ2) is 8.30. The molecule has 1 saturated heterocycles. The van der Waals surface area contributed by atoms with E-state index < -0.39 is 0 Å². The van der Waals surface area contributed by atoms with Crippen LogP contribution < -0.4 is 0 Å². The van der Waals surface area contributed by atoms with E-state index in [9.17, 15) is 9.90 Å². The maximum absolute atomic E-state index is 13.3. The molecule has 0 atom stereocenters. The standard InChI is InChI=1S/C23H26N4O4/c1-30-14-21-18-9-19(22(28)10-20(18)24-25-21)23(29)27-12-16-3-2-15(8-17(16)13-27)11-26-4-6-31-7-5-26/h2-3,8-10,28H,4-7,11-14H2,1H3,(H,24,25). The van der Waals surface area contributed by atoms with Crippen LogP contribution in [0.3, 0.4) is 0 Å². The lowest BCUT2D eigenvalue weighted by Crippen LogP contribution is -2.35. The number of carbonyl (C=O) groups is 1. The number of rotatable bonds is 5. The van der Waals surface area contributed by atoms with E-state index in [1.54, 1.807) is 24.1 Å². The molecular weight excluding hydrogens is 396 g/mol. The molecule has 3 heterocycles. The highest BCUT2D eigenvalue weighted by Gasteiger charge is 2.27. The Morgan fingerprint density at radius 1 is 1.19 bits per heavy atom. The zero-order chi connectivity index (χ0) is 21.4. The van der Waals surface area contributed by atoms with Gasteiger partial charge in [0.2, 0.25) is 0 Å². The number of morpholine rings is 1. The van der Waals surface area contributed by atoms with Crippen LogP contribution >= 0.6 is 0 Å². The van der Waals surface area contributed by atoms with Crippen LogP contribution in [0.2, 0.25) is 0 Å². The number of phenols is 1. The summed E-state index contributed by atoms with van der Waals surface area (Å²) in [6.45, 7) is 5.77. The topological polar surface area (TPSA) is 90.9 Å². The van der Waals surface area contributed by atoms with E-state index in [1.807, 2.05) is 0 Å². The van der Waals surface area contributed by atoms with Gasteiger partial charge in [0, 0.05) is 51.3 Å². The molecule has 162 valence electrons. The molecule has 0 bridgehead atoms. The van der Waals surface area contributed by atoms with E-state index in [2.05, 4.69) is 33.3 Å². The number of methoxy groups -OCH3 is 1. The van der Waals surface area contributed by atoms with Gasteiger partial charge in [0.25, 0.3) is 5.91 Å². The molecule has 0 aliphatic carbocycles. The van der Waals surface area contributed by atoms with Gasteiger partial charge in [0.1, 0.15) is 5.75 Å². The van der Waals surface area contributed by atoms with Crippen LogP contribution in [0.4, 0.5) is 0 Å². The molecule has 0 saturated carbocycles. The lowest BCUT2D eigenvalue weighted by molar-refractivity contribution is 0.0342. The summed E-state index contributed by atoms with van der Waals surface area (Å²) in [5.41, 5.74) is 5.25. The Hall–Kier alpha value is -2.94. The monoisotopic (exact) mass is 422 g/mol. The Bertz CT molecular complexity index is 1120. The zero-order valence-electron chi connectivity index (χ0n) is 17.6. The van der Waals surface area contributed by atoms with Gasteiger partial charge in [-0.1, -0.05) is 18.2 Å². The molecule has 2 N–H and O–H groups in total. The van der Waals surface area contributed by atoms with E-state index in [4.69, 9.17) is 9.47 Å². The Morgan fingerprint density at radius 2 is 2.00 bits per heavy atom. The third-order valence-electron chi connectivity index (χ3n) is 6.06. The lowest BCUT2D eigenvalue weighted by atomic mass is 10.1. The minimum atomic E-state index is -0.185. The first-order chi connectivity index (χ1) is 15.1. The van der Waals surface area contributed by atoms with Crippen LogP contribution in [0.5, 0.6) is 5.75 Å². The van der Waals surface area contributed by atoms with Crippen LogP contribution in [-0.2, 0) is 35.7 Å². The zero-order valence-corrected chi connectivity index (χ0v) is 17.6. The van der Waals surface area contributed by atoms with Gasteiger partial charge in [-0.05, 0) is 22.8 Å². The first kappa shape index (κ1) is 20.0. The van der Waals surface area contributed by atoms with Crippen molar-refractivity contribution in [3.63, 3.8) is 0 Å². The number of carbonyl (C=O) groups excluding carboxylic acids is 1. The molecule has 2 aliphatic heterocycles. The Balaban J connectivity index is 1.35. The first-order valence-corrected chi connectivity index (χ1v) is 10.5. The second-order valence-electron chi connectivity index (χ2n) is 8.17. The summed E-state index contributed by atoms with van der Waals surface area (Å²) in [4.78, 5) is 17.4. The minimum Gasteiger partial charge on any atom is -0.507 e. The van der Waals surface area contributed by atoms with Crippen molar-refractivity contribution < 1.29 is 19.4 Å². The highest BCUT2D eigenvalue weighted by molar-refractivity contribution is 6.01. The smallest absolute Gasteiger partial charge is 0.258 e. The lowest BCUT2D eigenvalue weighted by Gasteiger charge is -2.26. The summed E-state index contributed by atoms with van der Waals surface area (Å²) in [7, 11) is 1.60. The van der Waals surface area contributed by atoms with Crippen LogP contribution in [-0.4, -0.2) is 64.4 Å². The van der Waals surface area contributed by atoms with Crippen molar-refractivity contribution in [1.82, 2.24) is 20.0 Å². The average molecular weight is 422 g/mol. The molecule has 0 radical (unpaired) electrons. The second-order valence-corrected chi connectivity index (χ2v) is 8.17. The van der Waals surface area contributed by atoms with Crippen molar-refractivity contribution in [2.24, 2.45) is 0 Å². The van der Waals surface area contributed by atoms with Crippen LogP contribution in [0.25, 0.3) is 10.9 Å². The van der Waals surface area contributed by atoms with E-state index in [0.29, 0.717) is 30.9 Å². The van der Waals surface area contributed by atoms with Gasteiger partial charge >= 0.3 is 0 Å². The van der Waals surface area contributed by atoms with Crippen molar-refractivity contribution in [3.8, 4) is 5.75 Å². The minimum absolute atomic E-state index is 0.0471. The molecule has 2 aliphatic rings. The number of nitrogens with one attached hydrogen (secondary N) is 1. The molecule has 31 heavy (non-hydrogen) atoms. The molecular formula is C23H26N4O4. The number of aromatic amines is 1. The van der Waals surface area contributed by atoms with Gasteiger partial charge < -0.3 is 19.5 Å². The Labute approximate surface area is 180 Å². The quantitative estimate of drug-likeness (QED) is 0.656. The first-order valence-electron chi connectivity index (χ1n) is 10.5. The number of H-pyrrole nitrogens is 1. The number of aromatic hydroxyl groups is 1. The van der Waals surface area contributed by atoms with Gasteiger partial charge in [-0.25, -0.2) is 0 Å². The normalized spacial score (nSPS) is 16.7. The van der Waals surface area contributed by atoms with E-state index >= 15 is 0 Å². The highest BCUT2D eigenvalue weighted by atomic mass is 16.5. The predicted octanol–water partition coefficient (Wildman–Crippen LogP) is 2.40. The Kier molecular flexibility index (Phi) is 5.35. The number of amides is 1. The van der Waals surface area contributed by atoms with Gasteiger partial charge in [0.05, 0.1) is 36.6 Å². The number of fused-ring (bicyclic) bond motifs is 2. The van der Waals surface area contributed by atoms with Crippen molar-refractivity contribution in [1.29, 1.82) is 0 Å². The molecule has 3 aromatic rings. The number of aromatic nitrogens is 2. The highest BCUT2D eigenvalue weighted by Crippen LogP contribution is 2.31. The Morgan fingerprint density at radius 3 is 2.81 bits per heavy atom. The predicted molar refractivity (Wildman–Crippen MR) is 115 cm³/mol. The van der Waals surface area contributed by atoms with Crippen LogP contribution in [0.1, 0.15) is 32.7 Å². The number of hydrogen-bond donors (Lipinski definition) is 2. The van der Waals surface area contributed by atoms with Crippen molar-refractivity contribution >= 4 is 16.8 Å². The third-order valence-corrected chi connectivity index (χ3v) is 6.06. The fraction of sp³-hybridized carbons (Fsp3) is 0.391. The van der Waals surface area contributed by atoms with Crippen LogP contribution in [0.15, 0.2) is 30.3 Å². The number of hydrogen-bond acceptors (Lipinski definition) is 6. The molecule has 0 spiro atoms. The van der Waals surface area contributed by atoms with E-state index in [0.717, 1.165) is 43.8 Å². The fourth-order valence-electron chi connectivity index (χ4n) is 4.40. The summed E-state index contributed by atoms with van der Waals surface area (Å²) in [6.07, 6.45) is 0. The van der Waals surface area contributed by atoms with Crippen molar-refractivity contribution in [2.45, 2.75) is 26.2 Å². The largest absolute Gasteiger partial charge is 0.507 e. The van der Waals surface area contributed by atoms with Crippen LogP contribution in [0, 0.1) is 0 Å². The number of ether oxygens (including phenoxy) is 2. The molecule has 5 rings (SSSR count). The number of benzene rings is 2. The van der Waals surface area contributed by atoms with Gasteiger partial charge in [-0.2, -0.15) is 5.10 Å². The molecule has 8 heteroatoms. The average Bonchev–Trinajstić information content (AvgIpc) is 3.37. The van der Waals surface area contributed by atoms with E-state index in [1.165, 1.54) is 11.1 Å². The number of phenolic OH excluding ortho intramolecular Hbond substituents is 1. The van der Waals surface area contributed by atoms with Crippen molar-refractivity contribution in [2.75, 3.05) is 33.4 Å². The molecule has 1 aromatic heterocycles. The fourth-order valence-corrected chi connectivity index (χ4v) is 4.40. The van der Waals surface area contributed by atoms with Gasteiger partial charge in [-0.3, -0.25) is 14.8 Å². The third kappa shape index (κ3) is 3.89. The maximum Gasteiger partial charge on any atom is 0.258 e. The SMILES string of the molecule is COCc1n[nH]c2cc(O)c(C(=O)N3Cc4ccc(CN5CCOCC5)cc4C3)cc12. The van der Waals surface area contributed by atoms with Gasteiger partial charge in [0.15, 0.2) is 0 Å². The summed E-state index contributed by atoms with van der Waals surface area (Å²) in [5, 5.41) is 18.4. The number of nitrogens with zero attached hydrogens (tertiary/aromatic N) is 3. The molecule has 1 fully saturated rings. The van der Waals surface area contributed by atoms with E-state index in [-0.39, 0.29) is 17.2 Å². The van der Waals surface area contributed by atoms with Gasteiger partial charge in [-0.15, -0.1) is 0 Å². The molecule has 2 aromatic carbocycles. The maximum atomic E-state index is 13.3. The molecule has 1 amide bonds.